The minimum atomic E-state index is -4.29. The van der Waals surface area contributed by atoms with Crippen molar-refractivity contribution in [3.63, 3.8) is 0 Å². The zero-order valence-electron chi connectivity index (χ0n) is 11.4. The van der Waals surface area contributed by atoms with Gasteiger partial charge >= 0.3 is 6.18 Å². The van der Waals surface area contributed by atoms with Crippen LogP contribution in [0.25, 0.3) is 0 Å². The van der Waals surface area contributed by atoms with E-state index in [4.69, 9.17) is 11.6 Å². The van der Waals surface area contributed by atoms with Crippen molar-refractivity contribution < 1.29 is 13.2 Å². The van der Waals surface area contributed by atoms with Crippen LogP contribution in [0.3, 0.4) is 0 Å². The first-order valence-corrected chi connectivity index (χ1v) is 6.89. The summed E-state index contributed by atoms with van der Waals surface area (Å²) in [6.07, 6.45) is -4.29. The lowest BCUT2D eigenvalue weighted by molar-refractivity contribution is -0.137. The highest BCUT2D eigenvalue weighted by atomic mass is 35.5. The van der Waals surface area contributed by atoms with Gasteiger partial charge in [-0.2, -0.15) is 13.2 Å². The Kier molecular flexibility index (Phi) is 4.91. The molecule has 1 unspecified atom stereocenters. The van der Waals surface area contributed by atoms with Crippen molar-refractivity contribution in [2.45, 2.75) is 25.7 Å². The Morgan fingerprint density at radius 3 is 2.33 bits per heavy atom. The molecule has 2 rings (SSSR count). The highest BCUT2D eigenvalue weighted by Crippen LogP contribution is 2.29. The molecule has 1 atom stereocenters. The second-order valence-corrected chi connectivity index (χ2v) is 5.29. The lowest BCUT2D eigenvalue weighted by Crippen LogP contribution is -2.18. The smallest absolute Gasteiger partial charge is 0.306 e. The third-order valence-electron chi connectivity index (χ3n) is 3.24. The predicted octanol–water partition coefficient (Wildman–Crippen LogP) is 5.21. The summed E-state index contributed by atoms with van der Waals surface area (Å²) in [4.78, 5) is 0. The van der Waals surface area contributed by atoms with E-state index in [1.807, 2.05) is 25.1 Å². The quantitative estimate of drug-likeness (QED) is 0.817. The molecule has 1 nitrogen and oxygen atoms in total. The molecule has 2 aromatic rings. The molecule has 1 N–H and O–H groups in total. The second kappa shape index (κ2) is 6.50. The third-order valence-corrected chi connectivity index (χ3v) is 3.48. The Labute approximate surface area is 126 Å². The van der Waals surface area contributed by atoms with Crippen LogP contribution in [-0.4, -0.2) is 0 Å². The van der Waals surface area contributed by atoms with E-state index in [2.05, 4.69) is 5.32 Å². The summed E-state index contributed by atoms with van der Waals surface area (Å²) in [5.41, 5.74) is 1.21. The first kappa shape index (κ1) is 15.9. The number of hydrogen-bond donors (Lipinski definition) is 1. The van der Waals surface area contributed by atoms with Crippen LogP contribution in [0.15, 0.2) is 48.5 Å². The zero-order valence-corrected chi connectivity index (χ0v) is 12.2. The molecule has 0 radical (unpaired) electrons. The van der Waals surface area contributed by atoms with E-state index >= 15 is 0 Å². The minimum absolute atomic E-state index is 0.0611. The molecule has 0 bridgehead atoms. The average Bonchev–Trinajstić information content (AvgIpc) is 2.44. The monoisotopic (exact) mass is 313 g/mol. The highest BCUT2D eigenvalue weighted by molar-refractivity contribution is 6.30. The number of rotatable bonds is 4. The van der Waals surface area contributed by atoms with E-state index in [1.165, 1.54) is 12.1 Å². The lowest BCUT2D eigenvalue weighted by atomic mass is 10.1. The van der Waals surface area contributed by atoms with Gasteiger partial charge < -0.3 is 5.32 Å². The van der Waals surface area contributed by atoms with Crippen molar-refractivity contribution in [3.05, 3.63) is 70.2 Å². The summed E-state index contributed by atoms with van der Waals surface area (Å²) in [6.45, 7) is 2.47. The Morgan fingerprint density at radius 2 is 1.76 bits per heavy atom. The van der Waals surface area contributed by atoms with Gasteiger partial charge in [0, 0.05) is 17.6 Å². The molecule has 0 aliphatic heterocycles. The van der Waals surface area contributed by atoms with Gasteiger partial charge in [0.2, 0.25) is 0 Å². The van der Waals surface area contributed by atoms with Crippen LogP contribution < -0.4 is 5.32 Å². The van der Waals surface area contributed by atoms with Crippen molar-refractivity contribution >= 4 is 11.6 Å². The van der Waals surface area contributed by atoms with Crippen LogP contribution in [0.1, 0.15) is 29.7 Å². The molecule has 0 aliphatic rings. The Bertz CT molecular complexity index is 593. The molecule has 21 heavy (non-hydrogen) atoms. The molecular weight excluding hydrogens is 299 g/mol. The van der Waals surface area contributed by atoms with Crippen LogP contribution in [0.5, 0.6) is 0 Å². The van der Waals surface area contributed by atoms with Crippen molar-refractivity contribution in [2.24, 2.45) is 0 Å². The summed E-state index contributed by atoms with van der Waals surface area (Å²) >= 11 is 5.93. The SMILES string of the molecule is CC(NCc1ccc(C(F)(F)F)cc1)c1cccc(Cl)c1. The molecule has 0 amide bonds. The van der Waals surface area contributed by atoms with Crippen LogP contribution in [0.4, 0.5) is 13.2 Å². The number of alkyl halides is 3. The maximum atomic E-state index is 12.5. The van der Waals surface area contributed by atoms with Crippen molar-refractivity contribution in [2.75, 3.05) is 0 Å². The zero-order chi connectivity index (χ0) is 15.5. The number of halogens is 4. The van der Waals surface area contributed by atoms with E-state index < -0.39 is 11.7 Å². The summed E-state index contributed by atoms with van der Waals surface area (Å²) < 4.78 is 37.4. The van der Waals surface area contributed by atoms with E-state index in [0.717, 1.165) is 23.3 Å². The van der Waals surface area contributed by atoms with E-state index in [9.17, 15) is 13.2 Å². The lowest BCUT2D eigenvalue weighted by Gasteiger charge is -2.15. The standard InChI is InChI=1S/C16H15ClF3N/c1-11(13-3-2-4-15(17)9-13)21-10-12-5-7-14(8-6-12)16(18,19)20/h2-9,11,21H,10H2,1H3. The molecule has 0 aliphatic carbocycles. The van der Waals surface area contributed by atoms with E-state index in [0.29, 0.717) is 11.6 Å². The molecule has 0 saturated carbocycles. The molecule has 0 fully saturated rings. The summed E-state index contributed by atoms with van der Waals surface area (Å²) in [7, 11) is 0. The maximum Gasteiger partial charge on any atom is 0.416 e. The normalized spacial score (nSPS) is 13.2. The van der Waals surface area contributed by atoms with Gasteiger partial charge in [-0.3, -0.25) is 0 Å². The summed E-state index contributed by atoms with van der Waals surface area (Å²) in [5.74, 6) is 0. The molecule has 0 saturated heterocycles. The van der Waals surface area contributed by atoms with E-state index in [1.54, 1.807) is 6.07 Å². The van der Waals surface area contributed by atoms with Crippen LogP contribution in [-0.2, 0) is 12.7 Å². The van der Waals surface area contributed by atoms with Gasteiger partial charge in [-0.05, 0) is 42.3 Å². The van der Waals surface area contributed by atoms with Crippen molar-refractivity contribution in [1.82, 2.24) is 5.32 Å². The number of nitrogens with one attached hydrogen (secondary N) is 1. The maximum absolute atomic E-state index is 12.5. The van der Waals surface area contributed by atoms with Gasteiger partial charge in [-0.1, -0.05) is 35.9 Å². The fraction of sp³-hybridized carbons (Fsp3) is 0.250. The van der Waals surface area contributed by atoms with Gasteiger partial charge in [0.15, 0.2) is 0 Å². The first-order chi connectivity index (χ1) is 9.86. The number of hydrogen-bond acceptors (Lipinski definition) is 1. The molecule has 2 aromatic carbocycles. The predicted molar refractivity (Wildman–Crippen MR) is 78.2 cm³/mol. The van der Waals surface area contributed by atoms with Crippen LogP contribution in [0.2, 0.25) is 5.02 Å². The molecular formula is C16H15ClF3N. The molecule has 0 spiro atoms. The third kappa shape index (κ3) is 4.48. The van der Waals surface area contributed by atoms with Gasteiger partial charge in [-0.15, -0.1) is 0 Å². The van der Waals surface area contributed by atoms with Crippen molar-refractivity contribution in [3.8, 4) is 0 Å². The summed E-state index contributed by atoms with van der Waals surface area (Å²) in [5, 5.41) is 3.92. The second-order valence-electron chi connectivity index (χ2n) is 4.85. The molecule has 112 valence electrons. The van der Waals surface area contributed by atoms with Gasteiger partial charge in [0.1, 0.15) is 0 Å². The minimum Gasteiger partial charge on any atom is -0.306 e. The van der Waals surface area contributed by atoms with E-state index in [-0.39, 0.29) is 6.04 Å². The Hall–Kier alpha value is -1.52. The van der Waals surface area contributed by atoms with Crippen molar-refractivity contribution in [1.29, 1.82) is 0 Å². The van der Waals surface area contributed by atoms with Crippen LogP contribution >= 0.6 is 11.6 Å². The summed E-state index contributed by atoms with van der Waals surface area (Å²) in [6, 6.07) is 12.7. The Balaban J connectivity index is 1.97. The average molecular weight is 314 g/mol. The van der Waals surface area contributed by atoms with Gasteiger partial charge in [0.25, 0.3) is 0 Å². The molecule has 0 heterocycles. The molecule has 5 heteroatoms. The fourth-order valence-electron chi connectivity index (χ4n) is 1.98. The topological polar surface area (TPSA) is 12.0 Å². The van der Waals surface area contributed by atoms with Gasteiger partial charge in [0.05, 0.1) is 5.56 Å². The van der Waals surface area contributed by atoms with Crippen LogP contribution in [0, 0.1) is 0 Å². The fourth-order valence-corrected chi connectivity index (χ4v) is 2.18. The Morgan fingerprint density at radius 1 is 1.10 bits per heavy atom. The largest absolute Gasteiger partial charge is 0.416 e. The highest BCUT2D eigenvalue weighted by Gasteiger charge is 2.29. The number of benzene rings is 2. The first-order valence-electron chi connectivity index (χ1n) is 6.51. The van der Waals surface area contributed by atoms with Gasteiger partial charge in [-0.25, -0.2) is 0 Å². The molecule has 0 aromatic heterocycles.